The summed E-state index contributed by atoms with van der Waals surface area (Å²) in [4.78, 5) is 24.8. The van der Waals surface area contributed by atoms with Gasteiger partial charge in [-0.2, -0.15) is 0 Å². The number of hydrogen-bond acceptors (Lipinski definition) is 5. The van der Waals surface area contributed by atoms with E-state index < -0.39 is 11.5 Å². The molecule has 2 aromatic carbocycles. The van der Waals surface area contributed by atoms with E-state index in [0.717, 1.165) is 5.56 Å². The minimum Gasteiger partial charge on any atom is -0.495 e. The Bertz CT molecular complexity index is 753. The van der Waals surface area contributed by atoms with Crippen LogP contribution in [0, 0.1) is 0 Å². The van der Waals surface area contributed by atoms with E-state index in [4.69, 9.17) is 9.47 Å². The fraction of sp³-hybridized carbons (Fsp3) is 0.300. The predicted octanol–water partition coefficient (Wildman–Crippen LogP) is 4.03. The van der Waals surface area contributed by atoms with Gasteiger partial charge < -0.3 is 20.1 Å². The van der Waals surface area contributed by atoms with Gasteiger partial charge in [-0.3, -0.25) is 4.79 Å². The predicted molar refractivity (Wildman–Crippen MR) is 108 cm³/mol. The van der Waals surface area contributed by atoms with E-state index in [2.05, 4.69) is 10.6 Å². The molecule has 27 heavy (non-hydrogen) atoms. The molecule has 144 valence electrons. The van der Waals surface area contributed by atoms with Gasteiger partial charge >= 0.3 is 6.09 Å². The summed E-state index contributed by atoms with van der Waals surface area (Å²) in [6.45, 7) is 4.04. The minimum atomic E-state index is -0.793. The number of methoxy groups -OCH3 is 1. The van der Waals surface area contributed by atoms with Crippen molar-refractivity contribution in [1.29, 1.82) is 0 Å². The van der Waals surface area contributed by atoms with Gasteiger partial charge in [0, 0.05) is 5.25 Å². The van der Waals surface area contributed by atoms with Crippen molar-refractivity contribution >= 4 is 29.4 Å². The minimum absolute atomic E-state index is 0.132. The number of alkyl carbamates (subject to hydrolysis) is 1. The van der Waals surface area contributed by atoms with Crippen LogP contribution < -0.4 is 15.4 Å². The standard InChI is InChI=1S/C20H24N2O4S/c1-14(2)27-19(18(23)21-16-11-7-8-12-17(16)25-3)22-20(24)26-13-15-9-5-4-6-10-15/h4-12,14,19H,13H2,1-3H3,(H,21,23)(H,22,24). The molecule has 2 rings (SSSR count). The fourth-order valence-corrected chi connectivity index (χ4v) is 3.14. The molecule has 6 nitrogen and oxygen atoms in total. The zero-order valence-corrected chi connectivity index (χ0v) is 16.4. The number of anilines is 1. The molecule has 0 heterocycles. The zero-order valence-electron chi connectivity index (χ0n) is 15.6. The SMILES string of the molecule is COc1ccccc1NC(=O)C(NC(=O)OCc1ccccc1)SC(C)C. The molecule has 7 heteroatoms. The molecule has 2 N–H and O–H groups in total. The summed E-state index contributed by atoms with van der Waals surface area (Å²) in [5.74, 6) is 0.195. The summed E-state index contributed by atoms with van der Waals surface area (Å²) in [5.41, 5.74) is 1.41. The van der Waals surface area contributed by atoms with E-state index in [1.54, 1.807) is 18.2 Å². The molecule has 0 fully saturated rings. The Morgan fingerprint density at radius 2 is 1.70 bits per heavy atom. The molecule has 2 aromatic rings. The Balaban J connectivity index is 1.98. The number of benzene rings is 2. The van der Waals surface area contributed by atoms with Crippen LogP contribution in [0.25, 0.3) is 0 Å². The van der Waals surface area contributed by atoms with Crippen LogP contribution in [-0.4, -0.2) is 29.7 Å². The zero-order chi connectivity index (χ0) is 19.6. The summed E-state index contributed by atoms with van der Waals surface area (Å²) < 4.78 is 10.5. The van der Waals surface area contributed by atoms with Gasteiger partial charge in [0.25, 0.3) is 5.91 Å². The first-order valence-electron chi connectivity index (χ1n) is 8.56. The number of carbonyl (C=O) groups excluding carboxylic acids is 2. The molecule has 0 bridgehead atoms. The summed E-state index contributed by atoms with van der Waals surface area (Å²) in [7, 11) is 1.53. The van der Waals surface area contributed by atoms with Crippen LogP contribution in [0.3, 0.4) is 0 Å². The van der Waals surface area contributed by atoms with Crippen molar-refractivity contribution in [3.63, 3.8) is 0 Å². The first-order chi connectivity index (χ1) is 13.0. The van der Waals surface area contributed by atoms with Crippen molar-refractivity contribution in [3.05, 3.63) is 60.2 Å². The van der Waals surface area contributed by atoms with Crippen molar-refractivity contribution in [2.45, 2.75) is 31.1 Å². The molecule has 0 radical (unpaired) electrons. The lowest BCUT2D eigenvalue weighted by molar-refractivity contribution is -0.116. The van der Waals surface area contributed by atoms with Crippen LogP contribution in [0.1, 0.15) is 19.4 Å². The molecule has 1 unspecified atom stereocenters. The number of amides is 2. The Kier molecular flexibility index (Phi) is 8.00. The number of hydrogen-bond donors (Lipinski definition) is 2. The number of rotatable bonds is 8. The highest BCUT2D eigenvalue weighted by atomic mass is 32.2. The maximum atomic E-state index is 12.7. The molecule has 0 saturated heterocycles. The van der Waals surface area contributed by atoms with Crippen LogP contribution in [-0.2, 0) is 16.1 Å². The molecule has 2 amide bonds. The highest BCUT2D eigenvalue weighted by molar-refractivity contribution is 8.01. The van der Waals surface area contributed by atoms with Crippen LogP contribution >= 0.6 is 11.8 Å². The van der Waals surface area contributed by atoms with Crippen LogP contribution in [0.15, 0.2) is 54.6 Å². The van der Waals surface area contributed by atoms with Crippen LogP contribution in [0.4, 0.5) is 10.5 Å². The molecule has 0 aliphatic carbocycles. The normalized spacial score (nSPS) is 11.6. The van der Waals surface area contributed by atoms with Gasteiger partial charge in [-0.15, -0.1) is 11.8 Å². The average molecular weight is 388 g/mol. The van der Waals surface area contributed by atoms with Gasteiger partial charge in [-0.05, 0) is 17.7 Å². The second-order valence-electron chi connectivity index (χ2n) is 5.96. The Morgan fingerprint density at radius 3 is 2.37 bits per heavy atom. The van der Waals surface area contributed by atoms with Gasteiger partial charge in [-0.1, -0.05) is 56.3 Å². The third kappa shape index (κ3) is 6.86. The van der Waals surface area contributed by atoms with Crippen molar-refractivity contribution in [1.82, 2.24) is 5.32 Å². The fourth-order valence-electron chi connectivity index (χ4n) is 2.25. The van der Waals surface area contributed by atoms with Gasteiger partial charge in [-0.25, -0.2) is 4.79 Å². The highest BCUT2D eigenvalue weighted by Crippen LogP contribution is 2.25. The largest absolute Gasteiger partial charge is 0.495 e. The molecule has 1 atom stereocenters. The number of carbonyl (C=O) groups is 2. The van der Waals surface area contributed by atoms with Crippen molar-refractivity contribution in [2.24, 2.45) is 0 Å². The van der Waals surface area contributed by atoms with E-state index in [1.807, 2.05) is 50.2 Å². The second-order valence-corrected chi connectivity index (χ2v) is 7.65. The van der Waals surface area contributed by atoms with Gasteiger partial charge in [0.15, 0.2) is 5.37 Å². The molecule has 0 aromatic heterocycles. The topological polar surface area (TPSA) is 76.7 Å². The maximum absolute atomic E-state index is 12.7. The lowest BCUT2D eigenvalue weighted by Crippen LogP contribution is -2.42. The van der Waals surface area contributed by atoms with Gasteiger partial charge in [0.05, 0.1) is 12.8 Å². The first kappa shape index (κ1) is 20.6. The monoisotopic (exact) mass is 388 g/mol. The molecule has 0 aliphatic rings. The Morgan fingerprint density at radius 1 is 1.04 bits per heavy atom. The van der Waals surface area contributed by atoms with E-state index in [0.29, 0.717) is 11.4 Å². The van der Waals surface area contributed by atoms with E-state index in [9.17, 15) is 9.59 Å². The maximum Gasteiger partial charge on any atom is 0.408 e. The average Bonchev–Trinajstić information content (AvgIpc) is 2.66. The number of para-hydroxylation sites is 2. The second kappa shape index (κ2) is 10.5. The van der Waals surface area contributed by atoms with Gasteiger partial charge in [0.1, 0.15) is 12.4 Å². The molecule has 0 spiro atoms. The van der Waals surface area contributed by atoms with Gasteiger partial charge in [0.2, 0.25) is 0 Å². The summed E-state index contributed by atoms with van der Waals surface area (Å²) in [6.07, 6.45) is -0.646. The third-order valence-corrected chi connectivity index (χ3v) is 4.62. The van der Waals surface area contributed by atoms with Crippen molar-refractivity contribution < 1.29 is 19.1 Å². The first-order valence-corrected chi connectivity index (χ1v) is 9.50. The molecular formula is C20H24N2O4S. The van der Waals surface area contributed by atoms with Crippen molar-refractivity contribution in [2.75, 3.05) is 12.4 Å². The van der Waals surface area contributed by atoms with Crippen LogP contribution in [0.5, 0.6) is 5.75 Å². The third-order valence-electron chi connectivity index (χ3n) is 3.47. The smallest absolute Gasteiger partial charge is 0.408 e. The lowest BCUT2D eigenvalue weighted by Gasteiger charge is -2.20. The number of thioether (sulfide) groups is 1. The van der Waals surface area contributed by atoms with Crippen molar-refractivity contribution in [3.8, 4) is 5.75 Å². The Hall–Kier alpha value is -2.67. The summed E-state index contributed by atoms with van der Waals surface area (Å²) in [5, 5.41) is 4.75. The summed E-state index contributed by atoms with van der Waals surface area (Å²) in [6, 6.07) is 16.5. The molecule has 0 aliphatic heterocycles. The quantitative estimate of drug-likeness (QED) is 0.668. The number of nitrogens with one attached hydrogen (secondary N) is 2. The molecule has 0 saturated carbocycles. The van der Waals surface area contributed by atoms with Crippen LogP contribution in [0.2, 0.25) is 0 Å². The molecular weight excluding hydrogens is 364 g/mol. The van der Waals surface area contributed by atoms with E-state index in [-0.39, 0.29) is 17.8 Å². The summed E-state index contributed by atoms with van der Waals surface area (Å²) >= 11 is 1.33. The Labute approximate surface area is 163 Å². The highest BCUT2D eigenvalue weighted by Gasteiger charge is 2.24. The van der Waals surface area contributed by atoms with E-state index in [1.165, 1.54) is 18.9 Å². The number of ether oxygens (including phenoxy) is 2. The lowest BCUT2D eigenvalue weighted by atomic mass is 10.2. The van der Waals surface area contributed by atoms with E-state index >= 15 is 0 Å².